The lowest BCUT2D eigenvalue weighted by Crippen LogP contribution is -2.45. The van der Waals surface area contributed by atoms with E-state index in [1.807, 2.05) is 0 Å². The molecule has 19 heavy (non-hydrogen) atoms. The van der Waals surface area contributed by atoms with Crippen LogP contribution in [0.5, 0.6) is 0 Å². The number of carbonyl (C=O) groups excluding carboxylic acids is 2. The van der Waals surface area contributed by atoms with Crippen molar-refractivity contribution >= 4 is 17.9 Å². The van der Waals surface area contributed by atoms with Crippen molar-refractivity contribution in [1.82, 2.24) is 16.0 Å². The van der Waals surface area contributed by atoms with Crippen LogP contribution in [0.1, 0.15) is 32.6 Å². The number of hydrogen-bond acceptors (Lipinski definition) is 3. The van der Waals surface area contributed by atoms with E-state index < -0.39 is 24.5 Å². The van der Waals surface area contributed by atoms with Crippen molar-refractivity contribution in [3.8, 4) is 0 Å². The molecule has 1 aliphatic carbocycles. The van der Waals surface area contributed by atoms with Gasteiger partial charge < -0.3 is 21.1 Å². The monoisotopic (exact) mass is 271 g/mol. The van der Waals surface area contributed by atoms with Crippen LogP contribution < -0.4 is 16.0 Å². The van der Waals surface area contributed by atoms with Crippen LogP contribution in [0.15, 0.2) is 0 Å². The SMILES string of the molecule is CC1(CNC(=O)NCC(=O)NCC(=O)O)CCCC1. The lowest BCUT2D eigenvalue weighted by Gasteiger charge is -2.23. The van der Waals surface area contributed by atoms with E-state index in [9.17, 15) is 14.4 Å². The van der Waals surface area contributed by atoms with E-state index in [0.29, 0.717) is 6.54 Å². The van der Waals surface area contributed by atoms with E-state index in [0.717, 1.165) is 12.8 Å². The Hall–Kier alpha value is -1.79. The fourth-order valence-electron chi connectivity index (χ4n) is 2.16. The van der Waals surface area contributed by atoms with Gasteiger partial charge >= 0.3 is 12.0 Å². The quantitative estimate of drug-likeness (QED) is 0.548. The molecule has 0 aromatic rings. The summed E-state index contributed by atoms with van der Waals surface area (Å²) in [7, 11) is 0. The van der Waals surface area contributed by atoms with Crippen molar-refractivity contribution in [3.63, 3.8) is 0 Å². The molecule has 0 heterocycles. The zero-order chi connectivity index (χ0) is 14.3. The molecule has 0 unspecified atom stereocenters. The lowest BCUT2D eigenvalue weighted by atomic mass is 9.89. The summed E-state index contributed by atoms with van der Waals surface area (Å²) in [5.41, 5.74) is 0.156. The molecule has 1 rings (SSSR count). The van der Waals surface area contributed by atoms with E-state index in [1.165, 1.54) is 12.8 Å². The van der Waals surface area contributed by atoms with Crippen LogP contribution in [-0.4, -0.2) is 42.6 Å². The van der Waals surface area contributed by atoms with Gasteiger partial charge in [-0.25, -0.2) is 4.79 Å². The first-order chi connectivity index (χ1) is 8.91. The molecule has 1 fully saturated rings. The molecule has 1 aliphatic rings. The van der Waals surface area contributed by atoms with Gasteiger partial charge in [-0.3, -0.25) is 9.59 Å². The highest BCUT2D eigenvalue weighted by molar-refractivity contribution is 5.86. The number of rotatable bonds is 6. The Kier molecular flexibility index (Phi) is 5.59. The van der Waals surface area contributed by atoms with Gasteiger partial charge in [0.15, 0.2) is 0 Å². The third-order valence-electron chi connectivity index (χ3n) is 3.33. The predicted molar refractivity (Wildman–Crippen MR) is 68.6 cm³/mol. The third-order valence-corrected chi connectivity index (χ3v) is 3.33. The lowest BCUT2D eigenvalue weighted by molar-refractivity contribution is -0.137. The fourth-order valence-corrected chi connectivity index (χ4v) is 2.16. The van der Waals surface area contributed by atoms with E-state index >= 15 is 0 Å². The molecular formula is C12H21N3O4. The Bertz CT molecular complexity index is 351. The molecule has 4 N–H and O–H groups in total. The normalized spacial score (nSPS) is 16.7. The van der Waals surface area contributed by atoms with Gasteiger partial charge in [-0.2, -0.15) is 0 Å². The zero-order valence-corrected chi connectivity index (χ0v) is 11.1. The number of carboxylic acid groups (broad SMARTS) is 1. The standard InChI is InChI=1S/C12H21N3O4/c1-12(4-2-3-5-12)8-15-11(19)14-6-9(16)13-7-10(17)18/h2-8H2,1H3,(H,13,16)(H,17,18)(H2,14,15,19). The summed E-state index contributed by atoms with van der Waals surface area (Å²) < 4.78 is 0. The minimum atomic E-state index is -1.12. The predicted octanol–water partition coefficient (Wildman–Crippen LogP) is 0.0667. The molecule has 0 saturated heterocycles. The van der Waals surface area contributed by atoms with Gasteiger partial charge in [0.1, 0.15) is 6.54 Å². The number of urea groups is 1. The molecule has 1 saturated carbocycles. The molecule has 7 nitrogen and oxygen atoms in total. The maximum Gasteiger partial charge on any atom is 0.322 e. The molecule has 7 heteroatoms. The number of carbonyl (C=O) groups is 3. The number of hydrogen-bond donors (Lipinski definition) is 4. The third kappa shape index (κ3) is 6.08. The molecule has 0 radical (unpaired) electrons. The van der Waals surface area contributed by atoms with Crippen LogP contribution >= 0.6 is 0 Å². The summed E-state index contributed by atoms with van der Waals surface area (Å²) in [6, 6.07) is -0.404. The van der Waals surface area contributed by atoms with Gasteiger partial charge in [0.05, 0.1) is 6.54 Å². The maximum absolute atomic E-state index is 11.5. The largest absolute Gasteiger partial charge is 0.480 e. The van der Waals surface area contributed by atoms with Crippen molar-refractivity contribution in [3.05, 3.63) is 0 Å². The first kappa shape index (κ1) is 15.3. The summed E-state index contributed by atoms with van der Waals surface area (Å²) in [6.45, 7) is 2.06. The number of nitrogens with one attached hydrogen (secondary N) is 3. The fraction of sp³-hybridized carbons (Fsp3) is 0.750. The molecule has 0 bridgehead atoms. The number of aliphatic carboxylic acids is 1. The topological polar surface area (TPSA) is 108 Å². The highest BCUT2D eigenvalue weighted by Crippen LogP contribution is 2.36. The van der Waals surface area contributed by atoms with Crippen molar-refractivity contribution in [2.75, 3.05) is 19.6 Å². The zero-order valence-electron chi connectivity index (χ0n) is 11.1. The second-order valence-corrected chi connectivity index (χ2v) is 5.22. The maximum atomic E-state index is 11.5. The van der Waals surface area contributed by atoms with Crippen LogP contribution in [0.2, 0.25) is 0 Å². The second kappa shape index (κ2) is 6.96. The summed E-state index contributed by atoms with van der Waals surface area (Å²) in [5.74, 6) is -1.64. The molecule has 0 spiro atoms. The van der Waals surface area contributed by atoms with Crippen LogP contribution in [-0.2, 0) is 9.59 Å². The van der Waals surface area contributed by atoms with Crippen LogP contribution in [0.4, 0.5) is 4.79 Å². The number of amides is 3. The highest BCUT2D eigenvalue weighted by Gasteiger charge is 2.28. The summed E-state index contributed by atoms with van der Waals surface area (Å²) in [6.07, 6.45) is 4.59. The molecule has 3 amide bonds. The van der Waals surface area contributed by atoms with E-state index in [4.69, 9.17) is 5.11 Å². The summed E-state index contributed by atoms with van der Waals surface area (Å²) in [4.78, 5) is 32.8. The molecule has 0 aliphatic heterocycles. The van der Waals surface area contributed by atoms with Gasteiger partial charge in [0.2, 0.25) is 5.91 Å². The van der Waals surface area contributed by atoms with Crippen molar-refractivity contribution in [2.45, 2.75) is 32.6 Å². The van der Waals surface area contributed by atoms with Crippen molar-refractivity contribution in [1.29, 1.82) is 0 Å². The van der Waals surface area contributed by atoms with E-state index in [-0.39, 0.29) is 12.0 Å². The van der Waals surface area contributed by atoms with Gasteiger partial charge in [0.25, 0.3) is 0 Å². The molecule has 0 aromatic carbocycles. The van der Waals surface area contributed by atoms with E-state index in [1.54, 1.807) is 0 Å². The van der Waals surface area contributed by atoms with Gasteiger partial charge in [0, 0.05) is 6.54 Å². The van der Waals surface area contributed by atoms with Crippen molar-refractivity contribution in [2.24, 2.45) is 5.41 Å². The number of carboxylic acids is 1. The van der Waals surface area contributed by atoms with Crippen molar-refractivity contribution < 1.29 is 19.5 Å². The Morgan fingerprint density at radius 3 is 2.26 bits per heavy atom. The Labute approximate surface area is 112 Å². The Balaban J connectivity index is 2.13. The van der Waals surface area contributed by atoms with Crippen LogP contribution in [0.3, 0.4) is 0 Å². The first-order valence-corrected chi connectivity index (χ1v) is 6.41. The second-order valence-electron chi connectivity index (χ2n) is 5.22. The van der Waals surface area contributed by atoms with Gasteiger partial charge in [-0.05, 0) is 18.3 Å². The average molecular weight is 271 g/mol. The summed E-state index contributed by atoms with van der Waals surface area (Å²) >= 11 is 0. The molecule has 0 atom stereocenters. The molecular weight excluding hydrogens is 250 g/mol. The molecule has 0 aromatic heterocycles. The van der Waals surface area contributed by atoms with E-state index in [2.05, 4.69) is 22.9 Å². The summed E-state index contributed by atoms with van der Waals surface area (Å²) in [5, 5.41) is 15.7. The average Bonchev–Trinajstić information content (AvgIpc) is 2.79. The first-order valence-electron chi connectivity index (χ1n) is 6.41. The van der Waals surface area contributed by atoms with Gasteiger partial charge in [-0.15, -0.1) is 0 Å². The van der Waals surface area contributed by atoms with Crippen LogP contribution in [0.25, 0.3) is 0 Å². The molecule has 108 valence electrons. The minimum Gasteiger partial charge on any atom is -0.480 e. The van der Waals surface area contributed by atoms with Gasteiger partial charge in [-0.1, -0.05) is 19.8 Å². The Morgan fingerprint density at radius 1 is 1.05 bits per heavy atom. The highest BCUT2D eigenvalue weighted by atomic mass is 16.4. The Morgan fingerprint density at radius 2 is 1.68 bits per heavy atom. The van der Waals surface area contributed by atoms with Crippen LogP contribution in [0, 0.1) is 5.41 Å². The smallest absolute Gasteiger partial charge is 0.322 e. The minimum absolute atomic E-state index is 0.156.